The average molecular weight is 280 g/mol. The summed E-state index contributed by atoms with van der Waals surface area (Å²) in [6.07, 6.45) is -2.33. The summed E-state index contributed by atoms with van der Waals surface area (Å²) in [4.78, 5) is 13.9. The number of carbonyl (C=O) groups excluding carboxylic acids is 1. The highest BCUT2D eigenvalue weighted by atomic mass is 19.4. The predicted octanol–water partition coefficient (Wildman–Crippen LogP) is 2.55. The molecule has 1 aliphatic rings. The van der Waals surface area contributed by atoms with Gasteiger partial charge in [0, 0.05) is 19.0 Å². The lowest BCUT2D eigenvalue weighted by Gasteiger charge is -2.33. The summed E-state index contributed by atoms with van der Waals surface area (Å²) in [6.45, 7) is 3.41. The average Bonchev–Trinajstić information content (AvgIpc) is 2.38. The number of rotatable bonds is 5. The van der Waals surface area contributed by atoms with Gasteiger partial charge in [-0.2, -0.15) is 13.2 Å². The molecule has 0 aromatic heterocycles. The topological polar surface area (TPSA) is 46.3 Å². The Kier molecular flexibility index (Phi) is 6.10. The molecule has 0 aliphatic heterocycles. The zero-order valence-electron chi connectivity index (χ0n) is 11.4. The van der Waals surface area contributed by atoms with Crippen molar-refractivity contribution in [1.29, 1.82) is 0 Å². The number of alkyl halides is 3. The Bertz CT molecular complexity index is 294. The zero-order valence-corrected chi connectivity index (χ0v) is 11.4. The van der Waals surface area contributed by atoms with Gasteiger partial charge in [0.05, 0.1) is 5.92 Å². The summed E-state index contributed by atoms with van der Waals surface area (Å²) in [5.74, 6) is -1.92. The molecule has 2 N–H and O–H groups in total. The molecule has 1 rings (SSSR count). The highest BCUT2D eigenvalue weighted by Gasteiger charge is 2.44. The van der Waals surface area contributed by atoms with Crippen LogP contribution in [0.15, 0.2) is 0 Å². The highest BCUT2D eigenvalue weighted by molar-refractivity contribution is 5.78. The van der Waals surface area contributed by atoms with Crippen LogP contribution < -0.4 is 5.73 Å². The van der Waals surface area contributed by atoms with Gasteiger partial charge < -0.3 is 10.6 Å². The van der Waals surface area contributed by atoms with Gasteiger partial charge in [-0.25, -0.2) is 0 Å². The van der Waals surface area contributed by atoms with Crippen molar-refractivity contribution in [3.8, 4) is 0 Å². The van der Waals surface area contributed by atoms with Crippen LogP contribution in [0.2, 0.25) is 0 Å². The van der Waals surface area contributed by atoms with Crippen molar-refractivity contribution in [3.05, 3.63) is 0 Å². The second-order valence-electron chi connectivity index (χ2n) is 5.16. The van der Waals surface area contributed by atoms with Gasteiger partial charge >= 0.3 is 6.18 Å². The van der Waals surface area contributed by atoms with E-state index in [2.05, 4.69) is 0 Å². The van der Waals surface area contributed by atoms with E-state index in [1.807, 2.05) is 6.92 Å². The Morgan fingerprint density at radius 3 is 2.58 bits per heavy atom. The molecule has 1 saturated carbocycles. The summed E-state index contributed by atoms with van der Waals surface area (Å²) in [7, 11) is 0. The molecular weight excluding hydrogens is 257 g/mol. The molecule has 6 heteroatoms. The minimum Gasteiger partial charge on any atom is -0.343 e. The maximum Gasteiger partial charge on any atom is 0.391 e. The quantitative estimate of drug-likeness (QED) is 0.841. The van der Waals surface area contributed by atoms with E-state index >= 15 is 0 Å². The number of halogens is 3. The molecule has 2 unspecified atom stereocenters. The van der Waals surface area contributed by atoms with Crippen LogP contribution >= 0.6 is 0 Å². The Balaban J connectivity index is 2.60. The van der Waals surface area contributed by atoms with Crippen molar-refractivity contribution in [1.82, 2.24) is 4.90 Å². The first-order valence-corrected chi connectivity index (χ1v) is 6.95. The highest BCUT2D eigenvalue weighted by Crippen LogP contribution is 2.40. The molecule has 0 spiro atoms. The third-order valence-electron chi connectivity index (χ3n) is 3.81. The van der Waals surface area contributed by atoms with Crippen LogP contribution in [-0.4, -0.2) is 36.6 Å². The monoisotopic (exact) mass is 280 g/mol. The largest absolute Gasteiger partial charge is 0.391 e. The molecule has 0 radical (unpaired) electrons. The van der Waals surface area contributed by atoms with E-state index in [0.717, 1.165) is 0 Å². The van der Waals surface area contributed by atoms with Crippen LogP contribution in [0.1, 0.15) is 39.0 Å². The van der Waals surface area contributed by atoms with Crippen molar-refractivity contribution < 1.29 is 18.0 Å². The lowest BCUT2D eigenvalue weighted by molar-refractivity contribution is -0.187. The molecule has 1 aliphatic carbocycles. The van der Waals surface area contributed by atoms with E-state index < -0.39 is 18.0 Å². The van der Waals surface area contributed by atoms with E-state index in [9.17, 15) is 18.0 Å². The standard InChI is InChI=1S/C13H23F3N2O/c1-2-18(8-4-7-17)12(19)10-5-3-6-11(9-10)13(14,15)16/h10-11H,2-9,17H2,1H3. The van der Waals surface area contributed by atoms with Crippen LogP contribution in [0, 0.1) is 11.8 Å². The second-order valence-corrected chi connectivity index (χ2v) is 5.16. The fourth-order valence-electron chi connectivity index (χ4n) is 2.68. The number of hydrogen-bond acceptors (Lipinski definition) is 2. The molecular formula is C13H23F3N2O. The number of amides is 1. The van der Waals surface area contributed by atoms with Gasteiger partial charge in [-0.3, -0.25) is 4.79 Å². The van der Waals surface area contributed by atoms with Crippen LogP contribution in [0.5, 0.6) is 0 Å². The molecule has 3 nitrogen and oxygen atoms in total. The van der Waals surface area contributed by atoms with Gasteiger partial charge in [0.2, 0.25) is 5.91 Å². The first-order chi connectivity index (χ1) is 8.90. The van der Waals surface area contributed by atoms with Crippen molar-refractivity contribution >= 4 is 5.91 Å². The summed E-state index contributed by atoms with van der Waals surface area (Å²) >= 11 is 0. The molecule has 0 bridgehead atoms. The third-order valence-corrected chi connectivity index (χ3v) is 3.81. The van der Waals surface area contributed by atoms with Crippen LogP contribution in [0.25, 0.3) is 0 Å². The van der Waals surface area contributed by atoms with E-state index in [0.29, 0.717) is 38.9 Å². The molecule has 1 amide bonds. The summed E-state index contributed by atoms with van der Waals surface area (Å²) < 4.78 is 38.2. The normalized spacial score (nSPS) is 24.3. The van der Waals surface area contributed by atoms with Gasteiger partial charge in [-0.15, -0.1) is 0 Å². The fourth-order valence-corrected chi connectivity index (χ4v) is 2.68. The summed E-state index contributed by atoms with van der Waals surface area (Å²) in [5.41, 5.74) is 5.40. The first kappa shape index (κ1) is 16.3. The Hall–Kier alpha value is -0.780. The molecule has 0 saturated heterocycles. The van der Waals surface area contributed by atoms with Crippen LogP contribution in [-0.2, 0) is 4.79 Å². The molecule has 0 aromatic rings. The van der Waals surface area contributed by atoms with Gasteiger partial charge in [0.25, 0.3) is 0 Å². The minimum atomic E-state index is -4.17. The van der Waals surface area contributed by atoms with Crippen molar-refractivity contribution in [2.75, 3.05) is 19.6 Å². The molecule has 112 valence electrons. The predicted molar refractivity (Wildman–Crippen MR) is 67.4 cm³/mol. The SMILES string of the molecule is CCN(CCCN)C(=O)C1CCCC(C(F)(F)F)C1. The van der Waals surface area contributed by atoms with Gasteiger partial charge in [-0.05, 0) is 39.2 Å². The zero-order chi connectivity index (χ0) is 14.5. The summed E-state index contributed by atoms with van der Waals surface area (Å²) in [5, 5.41) is 0. The maximum atomic E-state index is 12.7. The molecule has 0 heterocycles. The lowest BCUT2D eigenvalue weighted by Crippen LogP contribution is -2.41. The van der Waals surface area contributed by atoms with Crippen molar-refractivity contribution in [2.45, 2.75) is 45.2 Å². The Morgan fingerprint density at radius 2 is 2.05 bits per heavy atom. The fraction of sp³-hybridized carbons (Fsp3) is 0.923. The van der Waals surface area contributed by atoms with Crippen molar-refractivity contribution in [2.24, 2.45) is 17.6 Å². The Morgan fingerprint density at radius 1 is 1.37 bits per heavy atom. The van der Waals surface area contributed by atoms with E-state index in [1.54, 1.807) is 4.90 Å². The smallest absolute Gasteiger partial charge is 0.343 e. The number of carbonyl (C=O) groups is 1. The molecule has 2 atom stereocenters. The number of nitrogens with zero attached hydrogens (tertiary/aromatic N) is 1. The van der Waals surface area contributed by atoms with Gasteiger partial charge in [0.1, 0.15) is 0 Å². The number of hydrogen-bond donors (Lipinski definition) is 1. The summed E-state index contributed by atoms with van der Waals surface area (Å²) in [6, 6.07) is 0. The minimum absolute atomic E-state index is 0.0541. The number of nitrogens with two attached hydrogens (primary N) is 1. The van der Waals surface area contributed by atoms with E-state index in [4.69, 9.17) is 5.73 Å². The second kappa shape index (κ2) is 7.12. The van der Waals surface area contributed by atoms with Gasteiger partial charge in [-0.1, -0.05) is 6.42 Å². The Labute approximate surface area is 112 Å². The first-order valence-electron chi connectivity index (χ1n) is 6.95. The lowest BCUT2D eigenvalue weighted by atomic mass is 9.80. The molecule has 0 aromatic carbocycles. The third kappa shape index (κ3) is 4.67. The van der Waals surface area contributed by atoms with E-state index in [-0.39, 0.29) is 18.7 Å². The molecule has 1 fully saturated rings. The van der Waals surface area contributed by atoms with E-state index in [1.165, 1.54) is 0 Å². The molecule has 19 heavy (non-hydrogen) atoms. The van der Waals surface area contributed by atoms with Crippen LogP contribution in [0.3, 0.4) is 0 Å². The van der Waals surface area contributed by atoms with Crippen LogP contribution in [0.4, 0.5) is 13.2 Å². The maximum absolute atomic E-state index is 12.7. The van der Waals surface area contributed by atoms with Gasteiger partial charge in [0.15, 0.2) is 0 Å². The van der Waals surface area contributed by atoms with Crippen molar-refractivity contribution in [3.63, 3.8) is 0 Å².